The van der Waals surface area contributed by atoms with Crippen molar-refractivity contribution in [3.8, 4) is 0 Å². The summed E-state index contributed by atoms with van der Waals surface area (Å²) in [6.07, 6.45) is 5.92. The van der Waals surface area contributed by atoms with E-state index in [0.29, 0.717) is 0 Å². The summed E-state index contributed by atoms with van der Waals surface area (Å²) in [7, 11) is 0. The number of hydrogen-bond acceptors (Lipinski definition) is 2. The van der Waals surface area contributed by atoms with E-state index in [1.165, 1.54) is 25.7 Å². The lowest BCUT2D eigenvalue weighted by Gasteiger charge is -2.11. The van der Waals surface area contributed by atoms with Crippen molar-refractivity contribution in [3.05, 3.63) is 30.3 Å². The topological polar surface area (TPSA) is 38.3 Å². The van der Waals surface area contributed by atoms with Gasteiger partial charge in [-0.1, -0.05) is 64.7 Å². The molecule has 3 nitrogen and oxygen atoms in total. The largest absolute Gasteiger partial charge is 0.446 e. The molecule has 1 unspecified atom stereocenters. The molecule has 0 saturated heterocycles. The van der Waals surface area contributed by atoms with Crippen LogP contribution in [0.4, 0.5) is 10.5 Å². The van der Waals surface area contributed by atoms with Crippen molar-refractivity contribution >= 4 is 11.8 Å². The van der Waals surface area contributed by atoms with Gasteiger partial charge in [0.05, 0.1) is 0 Å². The summed E-state index contributed by atoms with van der Waals surface area (Å²) >= 11 is 0. The molecule has 0 radical (unpaired) electrons. The zero-order valence-corrected chi connectivity index (χ0v) is 13.3. The van der Waals surface area contributed by atoms with Gasteiger partial charge in [0.2, 0.25) is 0 Å². The first kappa shape index (κ1) is 18.5. The Balaban J connectivity index is 0.000000511. The summed E-state index contributed by atoms with van der Waals surface area (Å²) in [5, 5.41) is 2.65. The Morgan fingerprint density at radius 2 is 1.65 bits per heavy atom. The average Bonchev–Trinajstić information content (AvgIpc) is 2.46. The normalized spacial score (nSPS) is 11.0. The van der Waals surface area contributed by atoms with Crippen molar-refractivity contribution in [2.24, 2.45) is 0 Å². The van der Waals surface area contributed by atoms with Gasteiger partial charge in [-0.2, -0.15) is 0 Å². The van der Waals surface area contributed by atoms with E-state index in [4.69, 9.17) is 4.74 Å². The molecule has 1 rings (SSSR count). The van der Waals surface area contributed by atoms with Crippen LogP contribution < -0.4 is 5.32 Å². The van der Waals surface area contributed by atoms with E-state index in [1.807, 2.05) is 44.2 Å². The number of ether oxygens (including phenoxy) is 1. The molecular weight excluding hydrogens is 250 g/mol. The molecule has 0 saturated carbocycles. The van der Waals surface area contributed by atoms with Crippen molar-refractivity contribution in [2.75, 3.05) is 5.32 Å². The Bertz CT molecular complexity index is 334. The SMILES string of the molecule is CCC(C)OC(=O)Nc1ccccc1.CCCCCC. The van der Waals surface area contributed by atoms with Gasteiger partial charge in [-0.05, 0) is 25.5 Å². The fourth-order valence-electron chi connectivity index (χ4n) is 1.43. The molecule has 0 aliphatic rings. The van der Waals surface area contributed by atoms with Gasteiger partial charge in [0.15, 0.2) is 0 Å². The highest BCUT2D eigenvalue weighted by Gasteiger charge is 2.06. The standard InChI is InChI=1S/C11H15NO2.C6H14/c1-3-9(2)14-11(13)12-10-7-5-4-6-8-10;1-3-5-6-4-2/h4-9H,3H2,1-2H3,(H,12,13);3-6H2,1-2H3. The third-order valence-electron chi connectivity index (χ3n) is 2.86. The summed E-state index contributed by atoms with van der Waals surface area (Å²) in [6.45, 7) is 8.30. The van der Waals surface area contributed by atoms with E-state index in [0.717, 1.165) is 12.1 Å². The van der Waals surface area contributed by atoms with Gasteiger partial charge in [-0.15, -0.1) is 0 Å². The highest BCUT2D eigenvalue weighted by Crippen LogP contribution is 2.06. The third-order valence-corrected chi connectivity index (χ3v) is 2.86. The molecule has 1 aromatic rings. The Morgan fingerprint density at radius 1 is 1.10 bits per heavy atom. The average molecular weight is 279 g/mol. The van der Waals surface area contributed by atoms with Gasteiger partial charge in [-0.25, -0.2) is 4.79 Å². The predicted molar refractivity (Wildman–Crippen MR) is 86.1 cm³/mol. The summed E-state index contributed by atoms with van der Waals surface area (Å²) in [5.41, 5.74) is 0.751. The lowest BCUT2D eigenvalue weighted by molar-refractivity contribution is 0.118. The second-order valence-electron chi connectivity index (χ2n) is 4.82. The number of rotatable bonds is 6. The summed E-state index contributed by atoms with van der Waals surface area (Å²) < 4.78 is 5.05. The lowest BCUT2D eigenvalue weighted by Crippen LogP contribution is -2.19. The molecule has 0 aromatic heterocycles. The Kier molecular flexibility index (Phi) is 11.6. The highest BCUT2D eigenvalue weighted by molar-refractivity contribution is 5.84. The smallest absolute Gasteiger partial charge is 0.411 e. The number of anilines is 1. The molecule has 1 amide bonds. The van der Waals surface area contributed by atoms with Crippen LogP contribution in [0.2, 0.25) is 0 Å². The minimum atomic E-state index is -0.398. The van der Waals surface area contributed by atoms with Crippen LogP contribution in [0.15, 0.2) is 30.3 Å². The minimum absolute atomic E-state index is 0.0429. The molecule has 1 atom stereocenters. The molecule has 0 spiro atoms. The number of benzene rings is 1. The van der Waals surface area contributed by atoms with Gasteiger partial charge >= 0.3 is 6.09 Å². The van der Waals surface area contributed by atoms with Crippen molar-refractivity contribution < 1.29 is 9.53 Å². The van der Waals surface area contributed by atoms with Crippen molar-refractivity contribution in [2.45, 2.75) is 65.9 Å². The first-order valence-electron chi connectivity index (χ1n) is 7.66. The molecule has 0 aliphatic heterocycles. The van der Waals surface area contributed by atoms with Crippen LogP contribution in [-0.4, -0.2) is 12.2 Å². The third kappa shape index (κ3) is 10.4. The van der Waals surface area contributed by atoms with E-state index < -0.39 is 6.09 Å². The summed E-state index contributed by atoms with van der Waals surface area (Å²) in [6, 6.07) is 9.25. The van der Waals surface area contributed by atoms with E-state index in [9.17, 15) is 4.79 Å². The molecule has 1 N–H and O–H groups in total. The molecular formula is C17H29NO2. The Hall–Kier alpha value is -1.51. The lowest BCUT2D eigenvalue weighted by atomic mass is 10.2. The minimum Gasteiger partial charge on any atom is -0.446 e. The number of carbonyl (C=O) groups is 1. The van der Waals surface area contributed by atoms with Gasteiger partial charge in [0.25, 0.3) is 0 Å². The van der Waals surface area contributed by atoms with Crippen LogP contribution in [0.25, 0.3) is 0 Å². The summed E-state index contributed by atoms with van der Waals surface area (Å²) in [4.78, 5) is 11.2. The van der Waals surface area contributed by atoms with Gasteiger partial charge < -0.3 is 4.74 Å². The first-order chi connectivity index (χ1) is 9.63. The Labute approximate surface area is 123 Å². The number of nitrogens with one attached hydrogen (secondary N) is 1. The maximum atomic E-state index is 11.2. The zero-order chi connectivity index (χ0) is 15.2. The highest BCUT2D eigenvalue weighted by atomic mass is 16.6. The van der Waals surface area contributed by atoms with Crippen LogP contribution in [0.1, 0.15) is 59.8 Å². The maximum Gasteiger partial charge on any atom is 0.411 e. The second kappa shape index (κ2) is 12.5. The maximum absolute atomic E-state index is 11.2. The van der Waals surface area contributed by atoms with E-state index in [2.05, 4.69) is 19.2 Å². The van der Waals surface area contributed by atoms with E-state index in [-0.39, 0.29) is 6.10 Å². The quantitative estimate of drug-likeness (QED) is 0.686. The molecule has 0 bridgehead atoms. The van der Waals surface area contributed by atoms with Crippen molar-refractivity contribution in [3.63, 3.8) is 0 Å². The molecule has 0 fully saturated rings. The van der Waals surface area contributed by atoms with Gasteiger partial charge in [0.1, 0.15) is 6.10 Å². The van der Waals surface area contributed by atoms with Gasteiger partial charge in [-0.3, -0.25) is 5.32 Å². The zero-order valence-electron chi connectivity index (χ0n) is 13.3. The van der Waals surface area contributed by atoms with E-state index in [1.54, 1.807) is 0 Å². The molecule has 1 aromatic carbocycles. The molecule has 0 aliphatic carbocycles. The monoisotopic (exact) mass is 279 g/mol. The number of amides is 1. The molecule has 0 heterocycles. The van der Waals surface area contributed by atoms with Crippen LogP contribution in [0, 0.1) is 0 Å². The number of carbonyl (C=O) groups excluding carboxylic acids is 1. The Morgan fingerprint density at radius 3 is 2.10 bits per heavy atom. The predicted octanol–water partition coefficient (Wildman–Crippen LogP) is 5.62. The number of para-hydroxylation sites is 1. The number of hydrogen-bond donors (Lipinski definition) is 1. The van der Waals surface area contributed by atoms with Gasteiger partial charge in [0, 0.05) is 5.69 Å². The molecule has 20 heavy (non-hydrogen) atoms. The summed E-state index contributed by atoms with van der Waals surface area (Å²) in [5.74, 6) is 0. The van der Waals surface area contributed by atoms with Crippen molar-refractivity contribution in [1.82, 2.24) is 0 Å². The van der Waals surface area contributed by atoms with Crippen LogP contribution in [0.3, 0.4) is 0 Å². The second-order valence-corrected chi connectivity index (χ2v) is 4.82. The molecule has 114 valence electrons. The van der Waals surface area contributed by atoms with Crippen LogP contribution >= 0.6 is 0 Å². The van der Waals surface area contributed by atoms with Crippen molar-refractivity contribution in [1.29, 1.82) is 0 Å². The van der Waals surface area contributed by atoms with Crippen LogP contribution in [-0.2, 0) is 4.74 Å². The fraction of sp³-hybridized carbons (Fsp3) is 0.588. The molecule has 3 heteroatoms. The number of unbranched alkanes of at least 4 members (excludes halogenated alkanes) is 3. The van der Waals surface area contributed by atoms with Crippen LogP contribution in [0.5, 0.6) is 0 Å². The first-order valence-corrected chi connectivity index (χ1v) is 7.66. The van der Waals surface area contributed by atoms with E-state index >= 15 is 0 Å². The fourth-order valence-corrected chi connectivity index (χ4v) is 1.43.